The first-order valence-electron chi connectivity index (χ1n) is 13.6. The molecule has 0 aliphatic rings. The third kappa shape index (κ3) is 9.23. The van der Waals surface area contributed by atoms with Gasteiger partial charge in [-0.1, -0.05) is 117 Å². The molecule has 4 unspecified atom stereocenters. The van der Waals surface area contributed by atoms with Crippen LogP contribution in [0.2, 0.25) is 0 Å². The number of aliphatic hydroxyl groups excluding tert-OH is 1. The van der Waals surface area contributed by atoms with Crippen molar-refractivity contribution in [2.75, 3.05) is 0 Å². The Bertz CT molecular complexity index is 1090. The number of hydrogen-bond acceptors (Lipinski definition) is 3. The molecule has 0 aliphatic carbocycles. The lowest BCUT2D eigenvalue weighted by Gasteiger charge is -2.46. The van der Waals surface area contributed by atoms with E-state index in [1.165, 1.54) is 11.1 Å². The molecular weight excluding hydrogens is 480 g/mol. The quantitative estimate of drug-likeness (QED) is 0.286. The van der Waals surface area contributed by atoms with Crippen LogP contribution >= 0.6 is 0 Å². The van der Waals surface area contributed by atoms with Gasteiger partial charge in [0, 0.05) is 0 Å². The zero-order valence-corrected chi connectivity index (χ0v) is 25.3. The third-order valence-electron chi connectivity index (χ3n) is 8.38. The van der Waals surface area contributed by atoms with Crippen molar-refractivity contribution in [1.29, 1.82) is 0 Å². The van der Waals surface area contributed by atoms with E-state index in [0.29, 0.717) is 23.3 Å². The van der Waals surface area contributed by atoms with Crippen LogP contribution in [-0.4, -0.2) is 18.1 Å². The molecule has 2 rings (SSSR count). The minimum Gasteiger partial charge on any atom is -0.392 e. The molecule has 37 heavy (non-hydrogen) atoms. The first kappa shape index (κ1) is 31.5. The highest BCUT2D eigenvalue weighted by Gasteiger charge is 2.41. The van der Waals surface area contributed by atoms with Gasteiger partial charge in [0.2, 0.25) is 0 Å². The highest BCUT2D eigenvalue weighted by Crippen LogP contribution is 2.52. The Morgan fingerprint density at radius 3 is 1.68 bits per heavy atom. The zero-order valence-electron chi connectivity index (χ0n) is 24.5. The van der Waals surface area contributed by atoms with Crippen molar-refractivity contribution in [3.63, 3.8) is 0 Å². The Kier molecular flexibility index (Phi) is 10.2. The van der Waals surface area contributed by atoms with Gasteiger partial charge in [0.1, 0.15) is 5.75 Å². The van der Waals surface area contributed by atoms with E-state index in [4.69, 9.17) is 0 Å². The maximum Gasteiger partial charge on any atom is 0.269 e. The topological polar surface area (TPSA) is 74.6 Å². The summed E-state index contributed by atoms with van der Waals surface area (Å²) in [6.45, 7) is 21.0. The molecule has 5 heteroatoms. The Morgan fingerprint density at radius 1 is 0.784 bits per heavy atom. The second-order valence-corrected chi connectivity index (χ2v) is 15.1. The summed E-state index contributed by atoms with van der Waals surface area (Å²) in [6.07, 6.45) is 3.12. The maximum atomic E-state index is 11.4. The van der Waals surface area contributed by atoms with Gasteiger partial charge in [0.25, 0.3) is 10.1 Å². The Balaban J connectivity index is 2.47. The second-order valence-electron chi connectivity index (χ2n) is 13.7. The van der Waals surface area contributed by atoms with Gasteiger partial charge in [0.15, 0.2) is 0 Å². The van der Waals surface area contributed by atoms with Crippen molar-refractivity contribution in [2.45, 2.75) is 106 Å². The molecule has 0 radical (unpaired) electrons. The first-order chi connectivity index (χ1) is 16.9. The fraction of sp³-hybridized carbons (Fsp3) is 0.625. The summed E-state index contributed by atoms with van der Waals surface area (Å²) in [7, 11) is -4.05. The van der Waals surface area contributed by atoms with Crippen LogP contribution in [0, 0.1) is 22.2 Å². The number of rotatable bonds is 11. The molecule has 0 aliphatic heterocycles. The number of hydrogen-bond donors (Lipinski definition) is 2. The predicted octanol–water partition coefficient (Wildman–Crippen LogP) is 8.36. The van der Waals surface area contributed by atoms with Gasteiger partial charge in [-0.3, -0.25) is 4.55 Å². The maximum absolute atomic E-state index is 11.4. The second kappa shape index (κ2) is 12.0. The normalized spacial score (nSPS) is 17.2. The van der Waals surface area contributed by atoms with Gasteiger partial charge >= 0.3 is 0 Å². The summed E-state index contributed by atoms with van der Waals surface area (Å²) < 4.78 is 32.0. The van der Waals surface area contributed by atoms with Crippen LogP contribution in [0.1, 0.15) is 116 Å². The lowest BCUT2D eigenvalue weighted by molar-refractivity contribution is 0.0947. The molecule has 4 atom stereocenters. The van der Waals surface area contributed by atoms with E-state index < -0.39 is 10.1 Å². The van der Waals surface area contributed by atoms with E-state index in [0.717, 1.165) is 24.8 Å². The van der Waals surface area contributed by atoms with Crippen molar-refractivity contribution in [1.82, 2.24) is 0 Å². The standard InChI is InChI=1S/C32H50O4S/c1-10-32(9,20-29(31(6,7)8)27-17-11-24(21-33)12-18-27)23(2)28(19-30(3,4)5)26-15-13-25(14-16-26)22-37(34,35)36/h11-18,23,28-29,33H,10,19-22H2,1-9H3,(H,34,35,36). The molecule has 0 heterocycles. The summed E-state index contributed by atoms with van der Waals surface area (Å²) in [5.74, 6) is 0.690. The summed E-state index contributed by atoms with van der Waals surface area (Å²) in [4.78, 5) is 0. The molecule has 0 aromatic heterocycles. The van der Waals surface area contributed by atoms with Crippen LogP contribution in [0.4, 0.5) is 0 Å². The molecule has 0 fully saturated rings. The van der Waals surface area contributed by atoms with E-state index in [1.54, 1.807) is 0 Å². The molecule has 2 aromatic carbocycles. The van der Waals surface area contributed by atoms with E-state index in [-0.39, 0.29) is 28.6 Å². The van der Waals surface area contributed by atoms with Crippen molar-refractivity contribution >= 4 is 10.1 Å². The van der Waals surface area contributed by atoms with Crippen LogP contribution < -0.4 is 0 Å². The van der Waals surface area contributed by atoms with Gasteiger partial charge in [-0.2, -0.15) is 8.42 Å². The largest absolute Gasteiger partial charge is 0.392 e. The molecule has 0 saturated carbocycles. The van der Waals surface area contributed by atoms with Crippen molar-refractivity contribution < 1.29 is 18.1 Å². The third-order valence-corrected chi connectivity index (χ3v) is 9.08. The first-order valence-corrected chi connectivity index (χ1v) is 15.2. The monoisotopic (exact) mass is 530 g/mol. The summed E-state index contributed by atoms with van der Waals surface area (Å²) in [5, 5.41) is 9.52. The summed E-state index contributed by atoms with van der Waals surface area (Å²) >= 11 is 0. The Labute approximate surface area is 226 Å². The smallest absolute Gasteiger partial charge is 0.269 e. The van der Waals surface area contributed by atoms with Crippen molar-refractivity contribution in [3.8, 4) is 0 Å². The highest BCUT2D eigenvalue weighted by atomic mass is 32.2. The molecule has 0 spiro atoms. The van der Waals surface area contributed by atoms with Gasteiger partial charge < -0.3 is 5.11 Å². The fourth-order valence-corrected chi connectivity index (χ4v) is 6.31. The fourth-order valence-electron chi connectivity index (χ4n) is 5.70. The van der Waals surface area contributed by atoms with Crippen molar-refractivity contribution in [2.24, 2.45) is 22.2 Å². The molecule has 0 saturated heterocycles. The Morgan fingerprint density at radius 2 is 1.27 bits per heavy atom. The lowest BCUT2D eigenvalue weighted by atomic mass is 9.59. The zero-order chi connectivity index (χ0) is 28.2. The number of benzene rings is 2. The summed E-state index contributed by atoms with van der Waals surface area (Å²) in [5.41, 5.74) is 4.35. The minimum atomic E-state index is -4.05. The van der Waals surface area contributed by atoms with Crippen LogP contribution in [-0.2, 0) is 22.5 Å². The van der Waals surface area contributed by atoms with Gasteiger partial charge in [-0.05, 0) is 69.1 Å². The average Bonchev–Trinajstić information content (AvgIpc) is 2.79. The minimum absolute atomic E-state index is 0.0572. The molecule has 4 nitrogen and oxygen atoms in total. The lowest BCUT2D eigenvalue weighted by Crippen LogP contribution is -2.35. The van der Waals surface area contributed by atoms with Crippen LogP contribution in [0.3, 0.4) is 0 Å². The molecule has 2 aromatic rings. The molecule has 2 N–H and O–H groups in total. The SMILES string of the molecule is CCC(C)(CC(c1ccc(CO)cc1)C(C)(C)C)C(C)C(CC(C)(C)C)c1ccc(CS(=O)(=O)O)cc1. The molecule has 208 valence electrons. The van der Waals surface area contributed by atoms with E-state index in [1.807, 2.05) is 24.3 Å². The van der Waals surface area contributed by atoms with Gasteiger partial charge in [0.05, 0.1) is 6.61 Å². The van der Waals surface area contributed by atoms with E-state index in [9.17, 15) is 18.1 Å². The van der Waals surface area contributed by atoms with Gasteiger partial charge in [-0.15, -0.1) is 0 Å². The summed E-state index contributed by atoms with van der Waals surface area (Å²) in [6, 6.07) is 16.2. The highest BCUT2D eigenvalue weighted by molar-refractivity contribution is 7.85. The van der Waals surface area contributed by atoms with Gasteiger partial charge in [-0.25, -0.2) is 0 Å². The van der Waals surface area contributed by atoms with E-state index >= 15 is 0 Å². The number of aliphatic hydroxyl groups is 1. The molecule has 0 amide bonds. The predicted molar refractivity (Wildman–Crippen MR) is 155 cm³/mol. The average molecular weight is 531 g/mol. The molecule has 0 bridgehead atoms. The Hall–Kier alpha value is -1.69. The van der Waals surface area contributed by atoms with Crippen LogP contribution in [0.5, 0.6) is 0 Å². The molecular formula is C32H50O4S. The van der Waals surface area contributed by atoms with Crippen LogP contribution in [0.15, 0.2) is 48.5 Å². The van der Waals surface area contributed by atoms with E-state index in [2.05, 4.69) is 86.6 Å². The van der Waals surface area contributed by atoms with Crippen molar-refractivity contribution in [3.05, 3.63) is 70.8 Å². The van der Waals surface area contributed by atoms with Crippen LogP contribution in [0.25, 0.3) is 0 Å².